The quantitative estimate of drug-likeness (QED) is 0.827. The van der Waals surface area contributed by atoms with E-state index in [1.165, 1.54) is 6.42 Å². The van der Waals surface area contributed by atoms with E-state index in [1.807, 2.05) is 12.1 Å². The van der Waals surface area contributed by atoms with Crippen LogP contribution in [-0.4, -0.2) is 42.0 Å². The molecule has 2 saturated heterocycles. The number of hydrogen-bond acceptors (Lipinski definition) is 4. The second-order valence-corrected chi connectivity index (χ2v) is 7.82. The molecule has 6 heteroatoms. The predicted molar refractivity (Wildman–Crippen MR) is 95.4 cm³/mol. The van der Waals surface area contributed by atoms with Crippen molar-refractivity contribution < 1.29 is 4.79 Å². The maximum absolute atomic E-state index is 12.7. The van der Waals surface area contributed by atoms with Crippen LogP contribution in [0.4, 0.5) is 5.13 Å². The highest BCUT2D eigenvalue weighted by Crippen LogP contribution is 2.35. The van der Waals surface area contributed by atoms with Gasteiger partial charge in [-0.15, -0.1) is 0 Å². The number of para-hydroxylation sites is 1. The molecular weight excluding hydrogens is 330 g/mol. The molecule has 0 N–H and O–H groups in total. The molecule has 1 atom stereocenters. The van der Waals surface area contributed by atoms with Crippen molar-refractivity contribution in [3.63, 3.8) is 0 Å². The summed E-state index contributed by atoms with van der Waals surface area (Å²) >= 11 is 7.89. The number of nitrogens with zero attached hydrogens (tertiary/aromatic N) is 3. The lowest BCUT2D eigenvalue weighted by atomic mass is 10.0. The molecule has 122 valence electrons. The van der Waals surface area contributed by atoms with Crippen LogP contribution in [-0.2, 0) is 4.79 Å². The van der Waals surface area contributed by atoms with Crippen molar-refractivity contribution in [3.05, 3.63) is 23.2 Å². The van der Waals surface area contributed by atoms with Crippen LogP contribution < -0.4 is 4.90 Å². The van der Waals surface area contributed by atoms with E-state index in [4.69, 9.17) is 11.6 Å². The highest BCUT2D eigenvalue weighted by molar-refractivity contribution is 7.22. The number of aromatic nitrogens is 1. The Kier molecular flexibility index (Phi) is 4.16. The molecule has 0 radical (unpaired) electrons. The van der Waals surface area contributed by atoms with Crippen LogP contribution in [0.15, 0.2) is 18.2 Å². The minimum atomic E-state index is 0.121. The summed E-state index contributed by atoms with van der Waals surface area (Å²) in [6, 6.07) is 5.88. The van der Waals surface area contributed by atoms with Gasteiger partial charge in [0.25, 0.3) is 0 Å². The van der Waals surface area contributed by atoms with Crippen LogP contribution in [0.5, 0.6) is 0 Å². The first-order valence-corrected chi connectivity index (χ1v) is 9.50. The normalized spacial score (nSPS) is 22.0. The lowest BCUT2D eigenvalue weighted by molar-refractivity contribution is -0.135. The van der Waals surface area contributed by atoms with Crippen molar-refractivity contribution in [2.45, 2.75) is 25.7 Å². The average Bonchev–Trinajstić information content (AvgIpc) is 3.22. The molecule has 1 amide bonds. The summed E-state index contributed by atoms with van der Waals surface area (Å²) < 4.78 is 1.11. The van der Waals surface area contributed by atoms with E-state index in [0.717, 1.165) is 60.8 Å². The van der Waals surface area contributed by atoms with Crippen LogP contribution in [0.1, 0.15) is 25.7 Å². The van der Waals surface area contributed by atoms with Crippen LogP contribution in [0.3, 0.4) is 0 Å². The third kappa shape index (κ3) is 2.92. The van der Waals surface area contributed by atoms with Gasteiger partial charge >= 0.3 is 0 Å². The highest BCUT2D eigenvalue weighted by atomic mass is 35.5. The van der Waals surface area contributed by atoms with Crippen molar-refractivity contribution in [2.75, 3.05) is 31.1 Å². The van der Waals surface area contributed by atoms with Gasteiger partial charge in [0.1, 0.15) is 5.52 Å². The average molecular weight is 350 g/mol. The molecule has 1 aromatic heterocycles. The van der Waals surface area contributed by atoms with Gasteiger partial charge < -0.3 is 9.80 Å². The van der Waals surface area contributed by atoms with Crippen molar-refractivity contribution in [2.24, 2.45) is 5.92 Å². The van der Waals surface area contributed by atoms with Crippen molar-refractivity contribution in [1.82, 2.24) is 9.88 Å². The number of fused-ring (bicyclic) bond motifs is 1. The number of anilines is 1. The summed E-state index contributed by atoms with van der Waals surface area (Å²) in [7, 11) is 0. The molecule has 2 aliphatic rings. The third-order valence-electron chi connectivity index (χ3n) is 4.83. The van der Waals surface area contributed by atoms with Gasteiger partial charge in [0.2, 0.25) is 5.91 Å². The number of amides is 1. The summed E-state index contributed by atoms with van der Waals surface area (Å²) in [5, 5.41) is 1.69. The fourth-order valence-corrected chi connectivity index (χ4v) is 4.85. The van der Waals surface area contributed by atoms with Crippen molar-refractivity contribution in [1.29, 1.82) is 0 Å². The number of likely N-dealkylation sites (tertiary alicyclic amines) is 1. The van der Waals surface area contributed by atoms with Gasteiger partial charge in [0.15, 0.2) is 5.13 Å². The number of hydrogen-bond donors (Lipinski definition) is 0. The molecule has 2 fully saturated rings. The minimum Gasteiger partial charge on any atom is -0.347 e. The predicted octanol–water partition coefficient (Wildman–Crippen LogP) is 3.79. The number of rotatable bonds is 2. The second-order valence-electron chi connectivity index (χ2n) is 6.40. The summed E-state index contributed by atoms with van der Waals surface area (Å²) in [5.74, 6) is 0.460. The van der Waals surface area contributed by atoms with Crippen LogP contribution in [0.25, 0.3) is 10.2 Å². The summed E-state index contributed by atoms with van der Waals surface area (Å²) in [6.07, 6.45) is 4.49. The van der Waals surface area contributed by atoms with E-state index in [9.17, 15) is 4.79 Å². The van der Waals surface area contributed by atoms with Gasteiger partial charge in [-0.3, -0.25) is 4.79 Å². The lowest BCUT2D eigenvalue weighted by Crippen LogP contribution is -2.40. The van der Waals surface area contributed by atoms with Gasteiger partial charge in [-0.25, -0.2) is 4.98 Å². The number of benzene rings is 1. The molecule has 4 nitrogen and oxygen atoms in total. The Hall–Kier alpha value is -1.33. The molecule has 2 aliphatic heterocycles. The first-order chi connectivity index (χ1) is 11.2. The summed E-state index contributed by atoms with van der Waals surface area (Å²) in [6.45, 7) is 3.56. The monoisotopic (exact) mass is 349 g/mol. The Morgan fingerprint density at radius 3 is 2.83 bits per heavy atom. The number of carbonyl (C=O) groups is 1. The molecule has 4 rings (SSSR count). The fraction of sp³-hybridized carbons (Fsp3) is 0.529. The Morgan fingerprint density at radius 2 is 2.04 bits per heavy atom. The van der Waals surface area contributed by atoms with Crippen molar-refractivity contribution in [3.8, 4) is 0 Å². The summed E-state index contributed by atoms with van der Waals surface area (Å²) in [5.41, 5.74) is 0.875. The number of halogens is 1. The fourth-order valence-electron chi connectivity index (χ4n) is 3.55. The molecule has 0 spiro atoms. The van der Waals surface area contributed by atoms with Gasteiger partial charge in [0.05, 0.1) is 15.6 Å². The van der Waals surface area contributed by atoms with E-state index >= 15 is 0 Å². The second kappa shape index (κ2) is 6.29. The molecular formula is C17H20ClN3OS. The standard InChI is InChI=1S/C17H20ClN3OS/c18-13-5-4-6-14-15(13)19-17(23-14)21-10-7-12(11-21)16(22)20-8-2-1-3-9-20/h4-6,12H,1-3,7-11H2. The zero-order valence-corrected chi connectivity index (χ0v) is 14.6. The maximum Gasteiger partial charge on any atom is 0.227 e. The van der Waals surface area contributed by atoms with Crippen LogP contribution >= 0.6 is 22.9 Å². The molecule has 0 aliphatic carbocycles. The minimum absolute atomic E-state index is 0.121. The first kappa shape index (κ1) is 15.2. The van der Waals surface area contributed by atoms with E-state index in [1.54, 1.807) is 11.3 Å². The molecule has 1 unspecified atom stereocenters. The zero-order chi connectivity index (χ0) is 15.8. The van der Waals surface area contributed by atoms with Gasteiger partial charge in [0, 0.05) is 26.2 Å². The van der Waals surface area contributed by atoms with E-state index < -0.39 is 0 Å². The van der Waals surface area contributed by atoms with Crippen LogP contribution in [0.2, 0.25) is 5.02 Å². The number of carbonyl (C=O) groups excluding carboxylic acids is 1. The molecule has 2 aromatic rings. The molecule has 3 heterocycles. The maximum atomic E-state index is 12.7. The Morgan fingerprint density at radius 1 is 1.22 bits per heavy atom. The Balaban J connectivity index is 1.48. The van der Waals surface area contributed by atoms with E-state index in [0.29, 0.717) is 10.9 Å². The molecule has 0 bridgehead atoms. The summed E-state index contributed by atoms with van der Waals surface area (Å²) in [4.78, 5) is 21.7. The number of piperidine rings is 1. The largest absolute Gasteiger partial charge is 0.347 e. The van der Waals surface area contributed by atoms with Gasteiger partial charge in [-0.05, 0) is 37.8 Å². The molecule has 23 heavy (non-hydrogen) atoms. The van der Waals surface area contributed by atoms with E-state index in [2.05, 4.69) is 20.9 Å². The smallest absolute Gasteiger partial charge is 0.227 e. The molecule has 1 aromatic carbocycles. The van der Waals surface area contributed by atoms with Gasteiger partial charge in [-0.1, -0.05) is 29.0 Å². The topological polar surface area (TPSA) is 36.4 Å². The van der Waals surface area contributed by atoms with Crippen LogP contribution in [0, 0.1) is 5.92 Å². The SMILES string of the molecule is O=C(C1CCN(c2nc3c(Cl)cccc3s2)C1)N1CCCCC1. The lowest BCUT2D eigenvalue weighted by Gasteiger charge is -2.29. The molecule has 0 saturated carbocycles. The zero-order valence-electron chi connectivity index (χ0n) is 13.0. The third-order valence-corrected chi connectivity index (χ3v) is 6.22. The first-order valence-electron chi connectivity index (χ1n) is 8.31. The van der Waals surface area contributed by atoms with Gasteiger partial charge in [-0.2, -0.15) is 0 Å². The highest BCUT2D eigenvalue weighted by Gasteiger charge is 2.33. The Labute approximate surface area is 145 Å². The van der Waals surface area contributed by atoms with Crippen molar-refractivity contribution >= 4 is 44.2 Å². The Bertz CT molecular complexity index is 726. The van der Waals surface area contributed by atoms with E-state index in [-0.39, 0.29) is 5.92 Å². The number of thiazole rings is 1.